The molecule has 1 atom stereocenters. The van der Waals surface area contributed by atoms with E-state index in [1.165, 1.54) is 238 Å². The average Bonchev–Trinajstić information content (AvgIpc) is 3.44. The summed E-state index contributed by atoms with van der Waals surface area (Å²) in [6, 6.07) is 0. The van der Waals surface area contributed by atoms with Gasteiger partial charge < -0.3 is 14.2 Å². The molecule has 454 valence electrons. The maximum Gasteiger partial charge on any atom is 0.306 e. The van der Waals surface area contributed by atoms with Crippen LogP contribution >= 0.6 is 0 Å². The van der Waals surface area contributed by atoms with Crippen LogP contribution in [0.15, 0.2) is 60.8 Å². The van der Waals surface area contributed by atoms with Crippen molar-refractivity contribution in [3.63, 3.8) is 0 Å². The third-order valence-corrected chi connectivity index (χ3v) is 15.2. The zero-order valence-electron chi connectivity index (χ0n) is 52.2. The van der Waals surface area contributed by atoms with Crippen molar-refractivity contribution in [3.05, 3.63) is 60.8 Å². The van der Waals surface area contributed by atoms with E-state index in [-0.39, 0.29) is 31.1 Å². The molecule has 0 aromatic heterocycles. The number of hydrogen-bond donors (Lipinski definition) is 0. The molecule has 0 N–H and O–H groups in total. The van der Waals surface area contributed by atoms with Crippen molar-refractivity contribution in [2.75, 3.05) is 13.2 Å². The minimum absolute atomic E-state index is 0.0739. The molecule has 0 aliphatic rings. The van der Waals surface area contributed by atoms with E-state index in [4.69, 9.17) is 14.2 Å². The van der Waals surface area contributed by atoms with E-state index in [2.05, 4.69) is 81.5 Å². The minimum Gasteiger partial charge on any atom is -0.462 e. The van der Waals surface area contributed by atoms with Crippen LogP contribution in [0.1, 0.15) is 361 Å². The van der Waals surface area contributed by atoms with Gasteiger partial charge >= 0.3 is 17.9 Å². The Hall–Kier alpha value is -2.89. The Bertz CT molecular complexity index is 1390. The molecule has 0 radical (unpaired) electrons. The largest absolute Gasteiger partial charge is 0.462 e. The van der Waals surface area contributed by atoms with Crippen molar-refractivity contribution in [1.29, 1.82) is 0 Å². The number of ether oxygens (including phenoxy) is 3. The Morgan fingerprint density at radius 2 is 0.462 bits per heavy atom. The molecule has 0 saturated heterocycles. The van der Waals surface area contributed by atoms with Gasteiger partial charge in [-0.05, 0) is 89.9 Å². The monoisotopic (exact) mass is 1090 g/mol. The Balaban J connectivity index is 4.29. The first-order chi connectivity index (χ1) is 38.5. The molecule has 0 spiro atoms. The molecule has 0 bridgehead atoms. The summed E-state index contributed by atoms with van der Waals surface area (Å²) in [5.74, 6) is -0.861. The smallest absolute Gasteiger partial charge is 0.306 e. The van der Waals surface area contributed by atoms with Crippen molar-refractivity contribution in [1.82, 2.24) is 0 Å². The third kappa shape index (κ3) is 63.9. The molecule has 0 aliphatic carbocycles. The predicted molar refractivity (Wildman–Crippen MR) is 339 cm³/mol. The van der Waals surface area contributed by atoms with Gasteiger partial charge in [0.2, 0.25) is 0 Å². The molecule has 0 rings (SSSR count). The van der Waals surface area contributed by atoms with Gasteiger partial charge in [0, 0.05) is 19.3 Å². The Labute approximate surface area is 485 Å². The van der Waals surface area contributed by atoms with Gasteiger partial charge in [0.25, 0.3) is 0 Å². The molecule has 0 aliphatic heterocycles. The minimum atomic E-state index is -0.779. The lowest BCUT2D eigenvalue weighted by atomic mass is 10.0. The van der Waals surface area contributed by atoms with Crippen molar-refractivity contribution >= 4 is 17.9 Å². The maximum atomic E-state index is 12.9. The zero-order chi connectivity index (χ0) is 56.4. The van der Waals surface area contributed by atoms with Crippen LogP contribution in [-0.2, 0) is 28.6 Å². The molecular formula is C72H130O6. The molecule has 0 aromatic carbocycles. The fourth-order valence-corrected chi connectivity index (χ4v) is 10.1. The second kappa shape index (κ2) is 66.6. The maximum absolute atomic E-state index is 12.9. The van der Waals surface area contributed by atoms with E-state index in [1.54, 1.807) is 0 Å². The van der Waals surface area contributed by atoms with Gasteiger partial charge in [-0.15, -0.1) is 0 Å². The summed E-state index contributed by atoms with van der Waals surface area (Å²) in [7, 11) is 0. The van der Waals surface area contributed by atoms with Crippen molar-refractivity contribution in [3.8, 4) is 0 Å². The molecule has 0 amide bonds. The second-order valence-electron chi connectivity index (χ2n) is 23.1. The van der Waals surface area contributed by atoms with Crippen LogP contribution in [0.3, 0.4) is 0 Å². The molecule has 0 saturated carbocycles. The van der Waals surface area contributed by atoms with Gasteiger partial charge in [-0.3, -0.25) is 14.4 Å². The average molecular weight is 1090 g/mol. The highest BCUT2D eigenvalue weighted by Gasteiger charge is 2.19. The van der Waals surface area contributed by atoms with Gasteiger partial charge in [0.1, 0.15) is 13.2 Å². The predicted octanol–water partition coefficient (Wildman–Crippen LogP) is 23.5. The number of esters is 3. The summed E-state index contributed by atoms with van der Waals surface area (Å²) in [6.07, 6.45) is 85.2. The Morgan fingerprint density at radius 1 is 0.256 bits per heavy atom. The summed E-state index contributed by atoms with van der Waals surface area (Å²) < 4.78 is 17.0. The standard InChI is InChI=1S/C72H130O6/c1-4-7-10-13-16-19-22-25-28-31-32-33-34-35-36-37-38-39-40-42-44-47-50-53-56-59-62-65-71(74)77-68-69(67-76-70(73)64-61-58-55-52-49-46-43-30-27-24-21-18-15-12-9-6-3)78-72(75)66-63-60-57-54-51-48-45-41-29-26-23-20-17-14-11-8-5-2/h17,20,22,25-26,29,31-32,34-35,69H,4-16,18-19,21,23-24,27-28,30,33,36-68H2,1-3H3/b20-17-,25-22-,29-26-,32-31-,35-34-. The molecule has 78 heavy (non-hydrogen) atoms. The lowest BCUT2D eigenvalue weighted by Gasteiger charge is -2.18. The summed E-state index contributed by atoms with van der Waals surface area (Å²) in [5, 5.41) is 0. The van der Waals surface area contributed by atoms with Crippen molar-refractivity contribution in [2.24, 2.45) is 0 Å². The number of hydrogen-bond acceptors (Lipinski definition) is 6. The van der Waals surface area contributed by atoms with Crippen LogP contribution in [0.2, 0.25) is 0 Å². The van der Waals surface area contributed by atoms with Crippen LogP contribution in [-0.4, -0.2) is 37.2 Å². The number of carbonyl (C=O) groups excluding carboxylic acids is 3. The van der Waals surface area contributed by atoms with Crippen LogP contribution in [0.4, 0.5) is 0 Å². The van der Waals surface area contributed by atoms with E-state index in [1.807, 2.05) is 0 Å². The fourth-order valence-electron chi connectivity index (χ4n) is 10.1. The summed E-state index contributed by atoms with van der Waals surface area (Å²) >= 11 is 0. The van der Waals surface area contributed by atoms with Gasteiger partial charge in [0.05, 0.1) is 0 Å². The van der Waals surface area contributed by atoms with E-state index in [9.17, 15) is 14.4 Å². The SMILES string of the molecule is CCCCC/C=C\C/C=C\CCCCCCCCCC(=O)OC(COC(=O)CCCCCCCCCCCCCC/C=C\C/C=C\C/C=C\CCCCCCC)COC(=O)CCCCCCCCCCCCCCCCCC. The van der Waals surface area contributed by atoms with E-state index >= 15 is 0 Å². The van der Waals surface area contributed by atoms with Gasteiger partial charge in [-0.1, -0.05) is 313 Å². The summed E-state index contributed by atoms with van der Waals surface area (Å²) in [5.41, 5.74) is 0. The fraction of sp³-hybridized carbons (Fsp3) is 0.819. The second-order valence-corrected chi connectivity index (χ2v) is 23.1. The first-order valence-corrected chi connectivity index (χ1v) is 34.3. The number of allylic oxidation sites excluding steroid dienone is 10. The van der Waals surface area contributed by atoms with Gasteiger partial charge in [-0.25, -0.2) is 0 Å². The highest BCUT2D eigenvalue weighted by molar-refractivity contribution is 5.71. The van der Waals surface area contributed by atoms with E-state index < -0.39 is 6.10 Å². The first-order valence-electron chi connectivity index (χ1n) is 34.3. The number of rotatable bonds is 63. The lowest BCUT2D eigenvalue weighted by molar-refractivity contribution is -0.167. The molecular weight excluding hydrogens is 961 g/mol. The van der Waals surface area contributed by atoms with Crippen LogP contribution in [0.5, 0.6) is 0 Å². The molecule has 6 heteroatoms. The van der Waals surface area contributed by atoms with Gasteiger partial charge in [-0.2, -0.15) is 0 Å². The highest BCUT2D eigenvalue weighted by Crippen LogP contribution is 2.17. The molecule has 0 aromatic rings. The quantitative estimate of drug-likeness (QED) is 0.0261. The number of carbonyl (C=O) groups is 3. The summed E-state index contributed by atoms with van der Waals surface area (Å²) in [6.45, 7) is 6.65. The van der Waals surface area contributed by atoms with Crippen molar-refractivity contribution in [2.45, 2.75) is 367 Å². The van der Waals surface area contributed by atoms with Gasteiger partial charge in [0.15, 0.2) is 6.10 Å². The van der Waals surface area contributed by atoms with Crippen LogP contribution in [0.25, 0.3) is 0 Å². The molecule has 1 unspecified atom stereocenters. The van der Waals surface area contributed by atoms with Crippen molar-refractivity contribution < 1.29 is 28.6 Å². The lowest BCUT2D eigenvalue weighted by Crippen LogP contribution is -2.30. The first kappa shape index (κ1) is 75.1. The zero-order valence-corrected chi connectivity index (χ0v) is 52.2. The normalized spacial score (nSPS) is 12.4. The topological polar surface area (TPSA) is 78.9 Å². The van der Waals surface area contributed by atoms with E-state index in [0.717, 1.165) is 83.5 Å². The molecule has 0 fully saturated rings. The Kier molecular flexibility index (Phi) is 64.2. The third-order valence-electron chi connectivity index (χ3n) is 15.2. The highest BCUT2D eigenvalue weighted by atomic mass is 16.6. The van der Waals surface area contributed by atoms with Crippen LogP contribution < -0.4 is 0 Å². The molecule has 0 heterocycles. The Morgan fingerprint density at radius 3 is 0.744 bits per heavy atom. The summed E-state index contributed by atoms with van der Waals surface area (Å²) in [4.78, 5) is 38.4. The molecule has 6 nitrogen and oxygen atoms in total. The number of unbranched alkanes of at least 4 members (excludes halogenated alkanes) is 42. The van der Waals surface area contributed by atoms with E-state index in [0.29, 0.717) is 19.3 Å². The van der Waals surface area contributed by atoms with Crippen LogP contribution in [0, 0.1) is 0 Å².